The molecule has 150 valence electrons. The minimum atomic E-state index is -0.928. The molecule has 4 aromatic heterocycles. The summed E-state index contributed by atoms with van der Waals surface area (Å²) in [6.07, 6.45) is 4.86. The van der Waals surface area contributed by atoms with Gasteiger partial charge in [-0.1, -0.05) is 12.1 Å². The second kappa shape index (κ2) is 6.99. The smallest absolute Gasteiger partial charge is 0.335 e. The van der Waals surface area contributed by atoms with Gasteiger partial charge in [-0.2, -0.15) is 14.6 Å². The number of rotatable bonds is 6. The fourth-order valence-electron chi connectivity index (χ4n) is 3.38. The van der Waals surface area contributed by atoms with Crippen molar-refractivity contribution in [1.82, 2.24) is 29.4 Å². The van der Waals surface area contributed by atoms with Crippen LogP contribution in [0.2, 0.25) is 0 Å². The van der Waals surface area contributed by atoms with Gasteiger partial charge < -0.3 is 15.3 Å². The Morgan fingerprint density at radius 2 is 1.97 bits per heavy atom. The van der Waals surface area contributed by atoms with Crippen LogP contribution in [0.5, 0.6) is 0 Å². The number of hydrogen-bond acceptors (Lipinski definition) is 7. The first-order chi connectivity index (χ1) is 14.6. The van der Waals surface area contributed by atoms with Crippen molar-refractivity contribution in [2.45, 2.75) is 19.4 Å². The number of carboxylic acids is 1. The number of fused-ring (bicyclic) bond motifs is 3. The Morgan fingerprint density at radius 1 is 1.13 bits per heavy atom. The van der Waals surface area contributed by atoms with Crippen LogP contribution in [0.25, 0.3) is 28.3 Å². The molecule has 0 spiro atoms. The standard InChI is InChI=1S/C20H17N7O3/c21-20-24-17-14(18-23-16(25-27(18)20)15-4-2-10-30-15)11-22-26(17)9-1-3-12-5-7-13(8-6-12)19(28)29/h2,4-8,10-11H,1,3,9H2,(H2,21,24)(H,28,29). The van der Waals surface area contributed by atoms with Gasteiger partial charge in [-0.25, -0.2) is 14.5 Å². The number of nitrogens with zero attached hydrogens (tertiary/aromatic N) is 6. The van der Waals surface area contributed by atoms with Crippen LogP contribution in [0.3, 0.4) is 0 Å². The molecule has 0 bridgehead atoms. The van der Waals surface area contributed by atoms with Crippen molar-refractivity contribution in [3.8, 4) is 11.6 Å². The predicted molar refractivity (Wildman–Crippen MR) is 108 cm³/mol. The lowest BCUT2D eigenvalue weighted by molar-refractivity contribution is 0.0697. The number of nitrogens with two attached hydrogens (primary N) is 1. The molecule has 1 aromatic carbocycles. The van der Waals surface area contributed by atoms with Crippen LogP contribution in [-0.2, 0) is 13.0 Å². The summed E-state index contributed by atoms with van der Waals surface area (Å²) in [5.74, 6) is 0.267. The van der Waals surface area contributed by atoms with Crippen molar-refractivity contribution in [2.75, 3.05) is 5.73 Å². The van der Waals surface area contributed by atoms with E-state index in [0.29, 0.717) is 29.4 Å². The number of anilines is 1. The molecule has 5 rings (SSSR count). The second-order valence-corrected chi connectivity index (χ2v) is 6.83. The predicted octanol–water partition coefficient (Wildman–Crippen LogP) is 2.65. The number of carboxylic acid groups (broad SMARTS) is 1. The average Bonchev–Trinajstić information content (AvgIpc) is 3.48. The van der Waals surface area contributed by atoms with E-state index in [1.54, 1.807) is 41.4 Å². The Morgan fingerprint density at radius 3 is 2.70 bits per heavy atom. The summed E-state index contributed by atoms with van der Waals surface area (Å²) in [5.41, 5.74) is 8.65. The average molecular weight is 403 g/mol. The summed E-state index contributed by atoms with van der Waals surface area (Å²) < 4.78 is 8.64. The molecule has 30 heavy (non-hydrogen) atoms. The third kappa shape index (κ3) is 3.04. The SMILES string of the molecule is Nc1nc2c(cnn2CCCc2ccc(C(=O)O)cc2)c2nc(-c3ccco3)nn12. The van der Waals surface area contributed by atoms with Crippen LogP contribution in [-0.4, -0.2) is 40.4 Å². The van der Waals surface area contributed by atoms with E-state index in [2.05, 4.69) is 20.2 Å². The fraction of sp³-hybridized carbons (Fsp3) is 0.150. The Bertz CT molecular complexity index is 1350. The number of aryl methyl sites for hydroxylation is 2. The number of benzene rings is 1. The third-order valence-electron chi connectivity index (χ3n) is 4.87. The first-order valence-electron chi connectivity index (χ1n) is 9.34. The molecule has 0 saturated heterocycles. The molecule has 0 saturated carbocycles. The Labute approximate surface area is 169 Å². The van der Waals surface area contributed by atoms with Crippen LogP contribution in [0.1, 0.15) is 22.3 Å². The molecule has 10 heteroatoms. The highest BCUT2D eigenvalue weighted by Gasteiger charge is 2.17. The van der Waals surface area contributed by atoms with E-state index in [1.165, 1.54) is 4.52 Å². The summed E-state index contributed by atoms with van der Waals surface area (Å²) in [5, 5.41) is 18.6. The van der Waals surface area contributed by atoms with Crippen LogP contribution >= 0.6 is 0 Å². The van der Waals surface area contributed by atoms with E-state index in [4.69, 9.17) is 15.3 Å². The van der Waals surface area contributed by atoms with Gasteiger partial charge in [-0.15, -0.1) is 5.10 Å². The van der Waals surface area contributed by atoms with Gasteiger partial charge in [0.25, 0.3) is 0 Å². The summed E-state index contributed by atoms with van der Waals surface area (Å²) in [7, 11) is 0. The topological polar surface area (TPSA) is 137 Å². The summed E-state index contributed by atoms with van der Waals surface area (Å²) in [4.78, 5) is 20.0. The zero-order valence-electron chi connectivity index (χ0n) is 15.8. The number of aromatic carboxylic acids is 1. The van der Waals surface area contributed by atoms with Gasteiger partial charge in [0.1, 0.15) is 0 Å². The van der Waals surface area contributed by atoms with Crippen LogP contribution < -0.4 is 5.73 Å². The molecule has 10 nitrogen and oxygen atoms in total. The Kier molecular flexibility index (Phi) is 4.16. The largest absolute Gasteiger partial charge is 0.478 e. The normalized spacial score (nSPS) is 11.5. The van der Waals surface area contributed by atoms with Crippen molar-refractivity contribution in [1.29, 1.82) is 0 Å². The van der Waals surface area contributed by atoms with Crippen molar-refractivity contribution in [2.24, 2.45) is 0 Å². The van der Waals surface area contributed by atoms with Crippen molar-refractivity contribution in [3.63, 3.8) is 0 Å². The molecule has 0 aliphatic heterocycles. The molecule has 4 heterocycles. The molecule has 0 amide bonds. The molecular formula is C20H17N7O3. The molecular weight excluding hydrogens is 386 g/mol. The molecule has 0 radical (unpaired) electrons. The number of nitrogen functional groups attached to an aromatic ring is 1. The molecule has 0 aliphatic carbocycles. The summed E-state index contributed by atoms with van der Waals surface area (Å²) in [6.45, 7) is 0.631. The zero-order valence-corrected chi connectivity index (χ0v) is 15.8. The van der Waals surface area contributed by atoms with Gasteiger partial charge in [0.15, 0.2) is 17.1 Å². The number of aromatic nitrogens is 6. The number of carbonyl (C=O) groups is 1. The first-order valence-corrected chi connectivity index (χ1v) is 9.34. The van der Waals surface area contributed by atoms with E-state index in [-0.39, 0.29) is 11.5 Å². The maximum Gasteiger partial charge on any atom is 0.335 e. The zero-order chi connectivity index (χ0) is 20.7. The van der Waals surface area contributed by atoms with Gasteiger partial charge in [-0.05, 0) is 42.7 Å². The Hall–Kier alpha value is -4.21. The van der Waals surface area contributed by atoms with Crippen molar-refractivity contribution < 1.29 is 14.3 Å². The second-order valence-electron chi connectivity index (χ2n) is 6.83. The molecule has 5 aromatic rings. The van der Waals surface area contributed by atoms with Crippen molar-refractivity contribution in [3.05, 3.63) is 60.0 Å². The van der Waals surface area contributed by atoms with Gasteiger partial charge in [0, 0.05) is 6.54 Å². The highest BCUT2D eigenvalue weighted by atomic mass is 16.4. The highest BCUT2D eigenvalue weighted by Crippen LogP contribution is 2.23. The maximum atomic E-state index is 10.9. The molecule has 3 N–H and O–H groups in total. The lowest BCUT2D eigenvalue weighted by Crippen LogP contribution is -2.07. The van der Waals surface area contributed by atoms with Gasteiger partial charge in [-0.3, -0.25) is 0 Å². The molecule has 0 unspecified atom stereocenters. The van der Waals surface area contributed by atoms with Crippen LogP contribution in [0.4, 0.5) is 5.95 Å². The van der Waals surface area contributed by atoms with Crippen LogP contribution in [0.15, 0.2) is 53.3 Å². The number of hydrogen-bond donors (Lipinski definition) is 2. The summed E-state index contributed by atoms with van der Waals surface area (Å²) >= 11 is 0. The molecule has 0 aliphatic rings. The van der Waals surface area contributed by atoms with E-state index in [1.807, 2.05) is 12.1 Å². The Balaban J connectivity index is 1.39. The fourth-order valence-corrected chi connectivity index (χ4v) is 3.38. The molecule has 0 fully saturated rings. The van der Waals surface area contributed by atoms with E-state index in [9.17, 15) is 4.79 Å². The summed E-state index contributed by atoms with van der Waals surface area (Å²) in [6, 6.07) is 10.4. The first kappa shape index (κ1) is 17.9. The third-order valence-corrected chi connectivity index (χ3v) is 4.87. The molecule has 0 atom stereocenters. The lowest BCUT2D eigenvalue weighted by Gasteiger charge is -2.05. The maximum absolute atomic E-state index is 10.9. The lowest BCUT2D eigenvalue weighted by atomic mass is 10.1. The van der Waals surface area contributed by atoms with Gasteiger partial charge in [0.05, 0.1) is 23.4 Å². The van der Waals surface area contributed by atoms with E-state index < -0.39 is 5.97 Å². The minimum absolute atomic E-state index is 0.216. The highest BCUT2D eigenvalue weighted by molar-refractivity contribution is 5.90. The quantitative estimate of drug-likeness (QED) is 0.441. The van der Waals surface area contributed by atoms with Gasteiger partial charge in [0.2, 0.25) is 11.8 Å². The van der Waals surface area contributed by atoms with E-state index >= 15 is 0 Å². The number of furan rings is 1. The van der Waals surface area contributed by atoms with E-state index in [0.717, 1.165) is 23.8 Å². The minimum Gasteiger partial charge on any atom is -0.478 e. The van der Waals surface area contributed by atoms with Crippen LogP contribution in [0, 0.1) is 0 Å². The van der Waals surface area contributed by atoms with Crippen molar-refractivity contribution >= 4 is 28.6 Å². The monoisotopic (exact) mass is 403 g/mol. The van der Waals surface area contributed by atoms with Gasteiger partial charge >= 0.3 is 5.97 Å².